The van der Waals surface area contributed by atoms with Crippen LogP contribution in [0.25, 0.3) is 0 Å². The van der Waals surface area contributed by atoms with Crippen LogP contribution >= 0.6 is 0 Å². The van der Waals surface area contributed by atoms with E-state index in [9.17, 15) is 9.90 Å². The van der Waals surface area contributed by atoms with Gasteiger partial charge in [-0.3, -0.25) is 4.79 Å². The zero-order valence-electron chi connectivity index (χ0n) is 27.7. The third-order valence-corrected chi connectivity index (χ3v) is 8.24. The Morgan fingerprint density at radius 3 is 1.57 bits per heavy atom. The Hall–Kier alpha value is -3.23. The molecule has 0 saturated heterocycles. The maximum absolute atomic E-state index is 11.9. The summed E-state index contributed by atoms with van der Waals surface area (Å²) < 4.78 is 0. The van der Waals surface area contributed by atoms with Crippen molar-refractivity contribution in [3.05, 3.63) is 131 Å². The van der Waals surface area contributed by atoms with E-state index in [1.165, 1.54) is 27.9 Å². The summed E-state index contributed by atoms with van der Waals surface area (Å²) in [6.45, 7) is 21.4. The van der Waals surface area contributed by atoms with E-state index in [0.29, 0.717) is 12.3 Å². The highest BCUT2D eigenvalue weighted by molar-refractivity contribution is 5.92. The van der Waals surface area contributed by atoms with Gasteiger partial charge < -0.3 is 5.11 Å². The monoisotopic (exact) mass is 566 g/mol. The van der Waals surface area contributed by atoms with Crippen molar-refractivity contribution in [1.82, 2.24) is 0 Å². The van der Waals surface area contributed by atoms with Gasteiger partial charge in [-0.05, 0) is 64.9 Å². The Morgan fingerprint density at radius 1 is 0.690 bits per heavy atom. The number of aliphatic hydroxyl groups is 1. The van der Waals surface area contributed by atoms with Crippen LogP contribution in [0.15, 0.2) is 131 Å². The van der Waals surface area contributed by atoms with Crippen molar-refractivity contribution in [2.24, 2.45) is 22.7 Å². The number of rotatable bonds is 10. The van der Waals surface area contributed by atoms with E-state index in [4.69, 9.17) is 0 Å². The molecule has 0 aromatic rings. The van der Waals surface area contributed by atoms with Gasteiger partial charge >= 0.3 is 0 Å². The molecule has 1 N–H and O–H groups in total. The molecular weight excluding hydrogens is 512 g/mol. The number of aliphatic hydroxyl groups excluding tert-OH is 1. The van der Waals surface area contributed by atoms with Gasteiger partial charge in [0.1, 0.15) is 0 Å². The standard InChI is InChI=1S/C40H54O2/c1-29(17-13-19-31(3)21-23-37-33(5)25-35(41)27-39(37,7)8)15-11-12-16-30(2)18-14-20-32(4)22-24-38-34(6)26-36(42)28-40(38,9)10/h11-26,35,37-38,41H,27-28H2,1-10H3/b12-11+,17-13+,18-14+,23-21+,24-22+,29-15+,30-16+,31-19+,32-20+/t35-,37-,38+/m0/s1. The van der Waals surface area contributed by atoms with Crippen molar-refractivity contribution in [1.29, 1.82) is 0 Å². The topological polar surface area (TPSA) is 37.3 Å². The molecule has 0 aliphatic heterocycles. The molecule has 0 radical (unpaired) electrons. The Bertz CT molecular complexity index is 1300. The van der Waals surface area contributed by atoms with Crippen molar-refractivity contribution in [3.8, 4) is 0 Å². The maximum Gasteiger partial charge on any atom is 0.156 e. The molecule has 0 aromatic heterocycles. The van der Waals surface area contributed by atoms with E-state index < -0.39 is 0 Å². The minimum absolute atomic E-state index is 0.0422. The first-order valence-corrected chi connectivity index (χ1v) is 15.3. The molecule has 0 spiro atoms. The molecule has 2 aliphatic rings. The first-order chi connectivity index (χ1) is 19.6. The molecule has 0 saturated carbocycles. The number of ketones is 1. The Labute approximate surface area is 256 Å². The summed E-state index contributed by atoms with van der Waals surface area (Å²) in [5.41, 5.74) is 7.16. The Kier molecular flexibility index (Phi) is 13.2. The highest BCUT2D eigenvalue weighted by Crippen LogP contribution is 2.42. The molecule has 2 aliphatic carbocycles. The summed E-state index contributed by atoms with van der Waals surface area (Å²) in [6.07, 6.45) is 34.8. The summed E-state index contributed by atoms with van der Waals surface area (Å²) in [5, 5.41) is 10.1. The van der Waals surface area contributed by atoms with Crippen LogP contribution < -0.4 is 0 Å². The van der Waals surface area contributed by atoms with Gasteiger partial charge in [0.25, 0.3) is 0 Å². The van der Waals surface area contributed by atoms with Crippen molar-refractivity contribution >= 4 is 5.78 Å². The Balaban J connectivity index is 1.89. The van der Waals surface area contributed by atoms with E-state index in [1.807, 2.05) is 6.08 Å². The van der Waals surface area contributed by atoms with Crippen LogP contribution in [0.2, 0.25) is 0 Å². The smallest absolute Gasteiger partial charge is 0.156 e. The normalized spacial score (nSPS) is 26.4. The second kappa shape index (κ2) is 15.8. The van der Waals surface area contributed by atoms with Crippen molar-refractivity contribution in [2.45, 2.75) is 88.2 Å². The average molecular weight is 567 g/mol. The molecule has 2 heteroatoms. The maximum atomic E-state index is 11.9. The second-order valence-electron chi connectivity index (χ2n) is 13.6. The average Bonchev–Trinajstić information content (AvgIpc) is 2.84. The molecule has 3 atom stereocenters. The van der Waals surface area contributed by atoms with Gasteiger partial charge in [-0.1, -0.05) is 152 Å². The van der Waals surface area contributed by atoms with Crippen molar-refractivity contribution in [3.63, 3.8) is 0 Å². The minimum atomic E-state index is -0.333. The Morgan fingerprint density at radius 2 is 1.12 bits per heavy atom. The lowest BCUT2D eigenvalue weighted by atomic mass is 9.67. The first kappa shape index (κ1) is 35.0. The van der Waals surface area contributed by atoms with Gasteiger partial charge in [0.05, 0.1) is 6.10 Å². The molecule has 0 heterocycles. The summed E-state index contributed by atoms with van der Waals surface area (Å²) >= 11 is 0. The van der Waals surface area contributed by atoms with Crippen LogP contribution in [0.1, 0.15) is 82.1 Å². The van der Waals surface area contributed by atoms with Gasteiger partial charge in [0, 0.05) is 18.3 Å². The minimum Gasteiger partial charge on any atom is -0.389 e. The summed E-state index contributed by atoms with van der Waals surface area (Å²) in [4.78, 5) is 11.9. The van der Waals surface area contributed by atoms with Crippen LogP contribution in [0.3, 0.4) is 0 Å². The predicted molar refractivity (Wildman–Crippen MR) is 183 cm³/mol. The quantitative estimate of drug-likeness (QED) is 0.211. The number of allylic oxidation sites excluding steroid dienone is 21. The number of hydrogen-bond acceptors (Lipinski definition) is 2. The van der Waals surface area contributed by atoms with Crippen molar-refractivity contribution < 1.29 is 9.90 Å². The van der Waals surface area contributed by atoms with E-state index in [2.05, 4.69) is 154 Å². The SMILES string of the molecule is CC1=CC(=O)CC(C)(C)[C@@H]1/C=C/C(C)=C/C=C/C(C)=C/C=C/C=C(C)/C=C/C=C(C)/C=C/[C@H]1C(C)=C[C@H](O)CC1(C)C. The highest BCUT2D eigenvalue weighted by atomic mass is 16.3. The first-order valence-electron chi connectivity index (χ1n) is 15.3. The zero-order valence-corrected chi connectivity index (χ0v) is 27.7. The van der Waals surface area contributed by atoms with Gasteiger partial charge in [-0.2, -0.15) is 0 Å². The second-order valence-corrected chi connectivity index (χ2v) is 13.6. The van der Waals surface area contributed by atoms with E-state index in [0.717, 1.165) is 12.0 Å². The van der Waals surface area contributed by atoms with E-state index in [-0.39, 0.29) is 28.6 Å². The van der Waals surface area contributed by atoms with Crippen LogP contribution in [-0.2, 0) is 4.79 Å². The lowest BCUT2D eigenvalue weighted by Gasteiger charge is -2.38. The number of carbonyl (C=O) groups is 1. The molecule has 42 heavy (non-hydrogen) atoms. The van der Waals surface area contributed by atoms with Crippen LogP contribution in [-0.4, -0.2) is 17.0 Å². The zero-order chi connectivity index (χ0) is 31.5. The van der Waals surface area contributed by atoms with Crippen molar-refractivity contribution in [2.75, 3.05) is 0 Å². The molecule has 0 unspecified atom stereocenters. The van der Waals surface area contributed by atoms with Gasteiger partial charge in [0.2, 0.25) is 0 Å². The molecule has 0 fully saturated rings. The largest absolute Gasteiger partial charge is 0.389 e. The third-order valence-electron chi connectivity index (χ3n) is 8.24. The summed E-state index contributed by atoms with van der Waals surface area (Å²) in [5.74, 6) is 0.866. The third kappa shape index (κ3) is 11.6. The lowest BCUT2D eigenvalue weighted by Crippen LogP contribution is -2.32. The molecule has 0 amide bonds. The molecule has 226 valence electrons. The molecule has 2 rings (SSSR count). The van der Waals surface area contributed by atoms with Gasteiger partial charge in [-0.25, -0.2) is 0 Å². The molecule has 0 aromatic carbocycles. The fourth-order valence-corrected chi connectivity index (χ4v) is 5.98. The number of hydrogen-bond donors (Lipinski definition) is 1. The number of carbonyl (C=O) groups excluding carboxylic acids is 1. The summed E-state index contributed by atoms with van der Waals surface area (Å²) in [6, 6.07) is 0. The van der Waals surface area contributed by atoms with Crippen LogP contribution in [0.5, 0.6) is 0 Å². The highest BCUT2D eigenvalue weighted by Gasteiger charge is 2.35. The summed E-state index contributed by atoms with van der Waals surface area (Å²) in [7, 11) is 0. The lowest BCUT2D eigenvalue weighted by molar-refractivity contribution is -0.117. The molecule has 2 nitrogen and oxygen atoms in total. The van der Waals surface area contributed by atoms with Crippen LogP contribution in [0.4, 0.5) is 0 Å². The molecular formula is C40H54O2. The van der Waals surface area contributed by atoms with Crippen LogP contribution in [0, 0.1) is 22.7 Å². The fourth-order valence-electron chi connectivity index (χ4n) is 5.98. The molecule has 0 bridgehead atoms. The van der Waals surface area contributed by atoms with E-state index in [1.54, 1.807) is 6.08 Å². The fraction of sp³-hybridized carbons (Fsp3) is 0.425. The van der Waals surface area contributed by atoms with E-state index >= 15 is 0 Å². The van der Waals surface area contributed by atoms with Gasteiger partial charge in [-0.15, -0.1) is 0 Å². The van der Waals surface area contributed by atoms with Gasteiger partial charge in [0.15, 0.2) is 5.78 Å². The predicted octanol–water partition coefficient (Wildman–Crippen LogP) is 10.5.